The van der Waals surface area contributed by atoms with E-state index in [0.717, 1.165) is 25.3 Å². The molecule has 0 fully saturated rings. The molecule has 0 radical (unpaired) electrons. The Hall–Kier alpha value is -0.360. The van der Waals surface area contributed by atoms with Crippen molar-refractivity contribution in [1.82, 2.24) is 10.3 Å². The molecule has 0 aliphatic rings. The van der Waals surface area contributed by atoms with E-state index < -0.39 is 0 Å². The molecule has 0 atom stereocenters. The third-order valence-electron chi connectivity index (χ3n) is 2.04. The predicted molar refractivity (Wildman–Crippen MR) is 73.7 cm³/mol. The van der Waals surface area contributed by atoms with Crippen molar-refractivity contribution in [2.45, 2.75) is 10.8 Å². The molecule has 0 saturated heterocycles. The number of thiophene rings is 1. The number of nitrogens with one attached hydrogen (secondary N) is 1. The van der Waals surface area contributed by atoms with Crippen molar-refractivity contribution in [3.05, 3.63) is 34.0 Å². The highest BCUT2D eigenvalue weighted by atomic mass is 32.2. The Bertz CT molecular complexity index is 332. The van der Waals surface area contributed by atoms with E-state index in [1.54, 1.807) is 11.3 Å². The van der Waals surface area contributed by atoms with Crippen molar-refractivity contribution >= 4 is 34.4 Å². The molecule has 0 aliphatic heterocycles. The van der Waals surface area contributed by atoms with Crippen LogP contribution in [0.1, 0.15) is 4.88 Å². The predicted octanol–water partition coefficient (Wildman–Crippen LogP) is 3.13. The average Bonchev–Trinajstić information content (AvgIpc) is 2.96. The summed E-state index contributed by atoms with van der Waals surface area (Å²) in [7, 11) is 0. The summed E-state index contributed by atoms with van der Waals surface area (Å²) in [5.41, 5.74) is 0. The molecule has 0 saturated carbocycles. The molecule has 86 valence electrons. The van der Waals surface area contributed by atoms with Crippen molar-refractivity contribution < 1.29 is 0 Å². The van der Waals surface area contributed by atoms with Gasteiger partial charge in [-0.3, -0.25) is 0 Å². The van der Waals surface area contributed by atoms with Gasteiger partial charge in [-0.05, 0) is 24.4 Å². The second-order valence-corrected chi connectivity index (χ2v) is 6.49. The van der Waals surface area contributed by atoms with Crippen LogP contribution in [0.5, 0.6) is 0 Å². The number of hydrogen-bond donors (Lipinski definition) is 1. The smallest absolute Gasteiger partial charge is 0.149 e. The summed E-state index contributed by atoms with van der Waals surface area (Å²) >= 11 is 5.36. The van der Waals surface area contributed by atoms with Crippen molar-refractivity contribution in [2.75, 3.05) is 18.8 Å². The molecular weight excluding hydrogens is 256 g/mol. The molecule has 0 aromatic carbocycles. The monoisotopic (exact) mass is 270 g/mol. The molecule has 2 rings (SSSR count). The van der Waals surface area contributed by atoms with Gasteiger partial charge < -0.3 is 5.32 Å². The zero-order valence-electron chi connectivity index (χ0n) is 8.89. The van der Waals surface area contributed by atoms with E-state index in [4.69, 9.17) is 0 Å². The zero-order chi connectivity index (χ0) is 11.1. The molecule has 0 spiro atoms. The number of hydrogen-bond acceptors (Lipinski definition) is 5. The third-order valence-corrected chi connectivity index (χ3v) is 4.95. The molecule has 0 amide bonds. The summed E-state index contributed by atoms with van der Waals surface area (Å²) in [4.78, 5) is 5.69. The number of rotatable bonds is 7. The first-order chi connectivity index (χ1) is 7.95. The third kappa shape index (κ3) is 4.25. The molecular formula is C11H14N2S3. The minimum Gasteiger partial charge on any atom is -0.316 e. The summed E-state index contributed by atoms with van der Waals surface area (Å²) < 4.78 is 1.17. The Kier molecular flexibility index (Phi) is 5.34. The van der Waals surface area contributed by atoms with Crippen molar-refractivity contribution in [1.29, 1.82) is 0 Å². The maximum atomic E-state index is 4.23. The number of nitrogens with zero attached hydrogens (tertiary/aromatic N) is 1. The Balaban J connectivity index is 1.49. The van der Waals surface area contributed by atoms with Gasteiger partial charge >= 0.3 is 0 Å². The second-order valence-electron chi connectivity index (χ2n) is 3.23. The van der Waals surface area contributed by atoms with Crippen LogP contribution in [0, 0.1) is 0 Å². The van der Waals surface area contributed by atoms with Crippen LogP contribution in [0.3, 0.4) is 0 Å². The Morgan fingerprint density at radius 1 is 1.25 bits per heavy atom. The maximum absolute atomic E-state index is 4.23. The van der Waals surface area contributed by atoms with Crippen molar-refractivity contribution in [3.63, 3.8) is 0 Å². The minimum atomic E-state index is 1.05. The van der Waals surface area contributed by atoms with Gasteiger partial charge in [0, 0.05) is 28.8 Å². The van der Waals surface area contributed by atoms with E-state index >= 15 is 0 Å². The van der Waals surface area contributed by atoms with Gasteiger partial charge in [-0.15, -0.1) is 22.7 Å². The van der Waals surface area contributed by atoms with Gasteiger partial charge in [-0.1, -0.05) is 17.8 Å². The molecule has 5 heteroatoms. The van der Waals surface area contributed by atoms with Gasteiger partial charge in [0.1, 0.15) is 4.34 Å². The molecule has 0 aliphatic carbocycles. The van der Waals surface area contributed by atoms with E-state index in [0.29, 0.717) is 0 Å². The zero-order valence-corrected chi connectivity index (χ0v) is 11.3. The van der Waals surface area contributed by atoms with E-state index in [1.165, 1.54) is 9.22 Å². The van der Waals surface area contributed by atoms with E-state index in [9.17, 15) is 0 Å². The number of thioether (sulfide) groups is 1. The molecule has 2 heterocycles. The minimum absolute atomic E-state index is 1.05. The van der Waals surface area contributed by atoms with Crippen molar-refractivity contribution in [3.8, 4) is 0 Å². The first-order valence-corrected chi connectivity index (χ1v) is 7.95. The van der Waals surface area contributed by atoms with Gasteiger partial charge in [0.25, 0.3) is 0 Å². The van der Waals surface area contributed by atoms with E-state index in [1.807, 2.05) is 34.7 Å². The lowest BCUT2D eigenvalue weighted by Gasteiger charge is -2.02. The summed E-state index contributed by atoms with van der Waals surface area (Å²) in [6.45, 7) is 2.12. The van der Waals surface area contributed by atoms with Crippen LogP contribution < -0.4 is 5.32 Å². The highest BCUT2D eigenvalue weighted by Crippen LogP contribution is 2.19. The normalized spacial score (nSPS) is 10.8. The summed E-state index contributed by atoms with van der Waals surface area (Å²) in [5, 5.41) is 7.60. The van der Waals surface area contributed by atoms with Gasteiger partial charge in [0.2, 0.25) is 0 Å². The van der Waals surface area contributed by atoms with Gasteiger partial charge in [0.15, 0.2) is 0 Å². The van der Waals surface area contributed by atoms with Crippen LogP contribution in [0.4, 0.5) is 0 Å². The van der Waals surface area contributed by atoms with Gasteiger partial charge in [-0.2, -0.15) is 0 Å². The summed E-state index contributed by atoms with van der Waals surface area (Å²) in [6, 6.07) is 4.30. The first kappa shape index (κ1) is 12.1. The van der Waals surface area contributed by atoms with Crippen LogP contribution >= 0.6 is 34.4 Å². The average molecular weight is 270 g/mol. The van der Waals surface area contributed by atoms with Crippen LogP contribution in [-0.4, -0.2) is 23.8 Å². The van der Waals surface area contributed by atoms with Crippen molar-refractivity contribution in [2.24, 2.45) is 0 Å². The van der Waals surface area contributed by atoms with Crippen LogP contribution in [-0.2, 0) is 6.42 Å². The molecule has 0 bridgehead atoms. The summed E-state index contributed by atoms with van der Waals surface area (Å²) in [5.74, 6) is 1.10. The molecule has 2 aromatic rings. The van der Waals surface area contributed by atoms with E-state index in [2.05, 4.69) is 27.8 Å². The quantitative estimate of drug-likeness (QED) is 0.618. The SMILES string of the molecule is c1csc(CCNCCSc2nccs2)c1. The van der Waals surface area contributed by atoms with Gasteiger partial charge in [0.05, 0.1) is 0 Å². The fraction of sp³-hybridized carbons (Fsp3) is 0.364. The van der Waals surface area contributed by atoms with Gasteiger partial charge in [-0.25, -0.2) is 4.98 Å². The Morgan fingerprint density at radius 3 is 3.00 bits per heavy atom. The molecule has 16 heavy (non-hydrogen) atoms. The molecule has 1 N–H and O–H groups in total. The van der Waals surface area contributed by atoms with Crippen LogP contribution in [0.15, 0.2) is 33.4 Å². The fourth-order valence-corrected chi connectivity index (χ4v) is 3.60. The lowest BCUT2D eigenvalue weighted by molar-refractivity contribution is 0.725. The lowest BCUT2D eigenvalue weighted by Crippen LogP contribution is -2.19. The largest absolute Gasteiger partial charge is 0.316 e. The second kappa shape index (κ2) is 7.06. The van der Waals surface area contributed by atoms with Crippen LogP contribution in [0.2, 0.25) is 0 Å². The first-order valence-electron chi connectivity index (χ1n) is 5.20. The molecule has 0 unspecified atom stereocenters. The highest BCUT2D eigenvalue weighted by molar-refractivity contribution is 8.01. The highest BCUT2D eigenvalue weighted by Gasteiger charge is 1.96. The molecule has 2 aromatic heterocycles. The summed E-state index contributed by atoms with van der Waals surface area (Å²) in [6.07, 6.45) is 3.00. The Labute approximate surface area is 108 Å². The van der Waals surface area contributed by atoms with Crippen LogP contribution in [0.25, 0.3) is 0 Å². The van der Waals surface area contributed by atoms with E-state index in [-0.39, 0.29) is 0 Å². The fourth-order valence-electron chi connectivity index (χ4n) is 1.28. The number of thiazole rings is 1. The number of aromatic nitrogens is 1. The lowest BCUT2D eigenvalue weighted by atomic mass is 10.3. The molecule has 2 nitrogen and oxygen atoms in total. The topological polar surface area (TPSA) is 24.9 Å². The maximum Gasteiger partial charge on any atom is 0.149 e. The Morgan fingerprint density at radius 2 is 2.25 bits per heavy atom. The standard InChI is InChI=1S/C11H14N2S3/c1-2-10(14-7-1)3-4-12-5-8-15-11-13-6-9-16-11/h1-2,6-7,9,12H,3-5,8H2.